The minimum absolute atomic E-state index is 0.0412. The van der Waals surface area contributed by atoms with E-state index in [-0.39, 0.29) is 18.1 Å². The van der Waals surface area contributed by atoms with Crippen LogP contribution in [0.15, 0.2) is 42.5 Å². The van der Waals surface area contributed by atoms with E-state index in [4.69, 9.17) is 4.74 Å². The normalized spacial score (nSPS) is 16.0. The van der Waals surface area contributed by atoms with E-state index in [1.54, 1.807) is 24.3 Å². The van der Waals surface area contributed by atoms with Gasteiger partial charge >= 0.3 is 5.82 Å². The fourth-order valence-corrected chi connectivity index (χ4v) is 2.40. The van der Waals surface area contributed by atoms with Crippen molar-refractivity contribution in [2.24, 2.45) is 0 Å². The Labute approximate surface area is 142 Å². The quantitative estimate of drug-likeness (QED) is 0.668. The van der Waals surface area contributed by atoms with Gasteiger partial charge in [-0.05, 0) is 35.0 Å². The van der Waals surface area contributed by atoms with Crippen molar-refractivity contribution >= 4 is 29.1 Å². The molecule has 3 rings (SSSR count). The minimum atomic E-state index is -0.819. The summed E-state index contributed by atoms with van der Waals surface area (Å²) in [5.74, 6) is -1.21. The van der Waals surface area contributed by atoms with Crippen molar-refractivity contribution < 1.29 is 19.2 Å². The van der Waals surface area contributed by atoms with Crippen molar-refractivity contribution in [1.82, 2.24) is 4.98 Å². The van der Waals surface area contributed by atoms with Gasteiger partial charge in [-0.2, -0.15) is 0 Å². The number of amides is 2. The van der Waals surface area contributed by atoms with E-state index < -0.39 is 28.7 Å². The van der Waals surface area contributed by atoms with Crippen molar-refractivity contribution in [3.63, 3.8) is 0 Å². The number of hydrogen-bond acceptors (Lipinski definition) is 6. The Hall–Kier alpha value is -3.49. The molecule has 0 spiro atoms. The average Bonchev–Trinajstić information content (AvgIpc) is 2.59. The molecule has 1 unspecified atom stereocenters. The van der Waals surface area contributed by atoms with Gasteiger partial charge in [0.15, 0.2) is 11.9 Å². The maximum absolute atomic E-state index is 12.4. The lowest BCUT2D eigenvalue weighted by atomic mass is 10.2. The molecule has 1 aliphatic rings. The van der Waals surface area contributed by atoms with Crippen LogP contribution in [0.5, 0.6) is 5.75 Å². The standard InChI is InChI=1S/C16H14N4O5/c1-10-16(22)19(9-14(21)17-11-5-3-2-4-6-11)15-12(25-10)7-8-13(18-15)20(23)24/h2-8,10H,9H2,1H3,(H,17,21). The van der Waals surface area contributed by atoms with Gasteiger partial charge in [-0.1, -0.05) is 18.2 Å². The number of rotatable bonds is 4. The van der Waals surface area contributed by atoms with Gasteiger partial charge in [-0.15, -0.1) is 0 Å². The Kier molecular flexibility index (Phi) is 4.29. The third-order valence-electron chi connectivity index (χ3n) is 3.54. The van der Waals surface area contributed by atoms with Crippen molar-refractivity contribution in [3.8, 4) is 5.75 Å². The molecular formula is C16H14N4O5. The molecule has 0 bridgehead atoms. The predicted molar refractivity (Wildman–Crippen MR) is 88.4 cm³/mol. The molecule has 9 heteroatoms. The highest BCUT2D eigenvalue weighted by atomic mass is 16.6. The van der Waals surface area contributed by atoms with E-state index in [0.717, 1.165) is 4.90 Å². The second-order valence-electron chi connectivity index (χ2n) is 5.35. The van der Waals surface area contributed by atoms with Crippen LogP contribution in [0.4, 0.5) is 17.3 Å². The zero-order valence-corrected chi connectivity index (χ0v) is 13.2. The Bertz CT molecular complexity index is 840. The fraction of sp³-hybridized carbons (Fsp3) is 0.188. The first kappa shape index (κ1) is 16.4. The molecule has 1 aromatic heterocycles. The number of hydrogen-bond donors (Lipinski definition) is 1. The number of nitrogens with one attached hydrogen (secondary N) is 1. The molecule has 0 radical (unpaired) electrons. The fourth-order valence-electron chi connectivity index (χ4n) is 2.40. The van der Waals surface area contributed by atoms with Crippen LogP contribution >= 0.6 is 0 Å². The van der Waals surface area contributed by atoms with Crippen LogP contribution < -0.4 is 15.0 Å². The van der Waals surface area contributed by atoms with Gasteiger partial charge < -0.3 is 20.2 Å². The second kappa shape index (κ2) is 6.56. The van der Waals surface area contributed by atoms with Crippen molar-refractivity contribution in [3.05, 3.63) is 52.6 Å². The summed E-state index contributed by atoms with van der Waals surface area (Å²) in [6.45, 7) is 1.21. The Morgan fingerprint density at radius 1 is 1.32 bits per heavy atom. The van der Waals surface area contributed by atoms with E-state index in [9.17, 15) is 19.7 Å². The number of para-hydroxylation sites is 1. The number of ether oxygens (including phenoxy) is 1. The lowest BCUT2D eigenvalue weighted by Crippen LogP contribution is -2.48. The van der Waals surface area contributed by atoms with Crippen molar-refractivity contribution in [1.29, 1.82) is 0 Å². The van der Waals surface area contributed by atoms with Crippen LogP contribution in [0.2, 0.25) is 0 Å². The maximum atomic E-state index is 12.4. The third kappa shape index (κ3) is 3.39. The van der Waals surface area contributed by atoms with Gasteiger partial charge in [-0.25, -0.2) is 0 Å². The predicted octanol–water partition coefficient (Wildman–Crippen LogP) is 1.74. The molecule has 0 saturated carbocycles. The van der Waals surface area contributed by atoms with Crippen LogP contribution in [0.1, 0.15) is 6.92 Å². The van der Waals surface area contributed by atoms with Crippen LogP contribution in [0.3, 0.4) is 0 Å². The molecule has 2 aromatic rings. The number of benzene rings is 1. The molecule has 1 aromatic carbocycles. The number of aromatic nitrogens is 1. The topological polar surface area (TPSA) is 115 Å². The first-order chi connectivity index (χ1) is 12.0. The lowest BCUT2D eigenvalue weighted by Gasteiger charge is -2.28. The van der Waals surface area contributed by atoms with E-state index in [0.29, 0.717) is 5.69 Å². The number of fused-ring (bicyclic) bond motifs is 1. The van der Waals surface area contributed by atoms with Gasteiger partial charge in [0, 0.05) is 11.8 Å². The number of anilines is 2. The van der Waals surface area contributed by atoms with Crippen LogP contribution in [0, 0.1) is 10.1 Å². The van der Waals surface area contributed by atoms with Gasteiger partial charge in [0.2, 0.25) is 5.91 Å². The average molecular weight is 342 g/mol. The molecule has 25 heavy (non-hydrogen) atoms. The monoisotopic (exact) mass is 342 g/mol. The summed E-state index contributed by atoms with van der Waals surface area (Å²) < 4.78 is 5.40. The molecule has 128 valence electrons. The zero-order chi connectivity index (χ0) is 18.0. The lowest BCUT2D eigenvalue weighted by molar-refractivity contribution is -0.389. The molecule has 2 heterocycles. The molecule has 1 N–H and O–H groups in total. The summed E-state index contributed by atoms with van der Waals surface area (Å²) in [5.41, 5.74) is 0.577. The van der Waals surface area contributed by atoms with Crippen LogP contribution in [-0.2, 0) is 9.59 Å². The third-order valence-corrected chi connectivity index (χ3v) is 3.54. The SMILES string of the molecule is CC1Oc2ccc([N+](=O)[O-])nc2N(CC(=O)Nc2ccccc2)C1=O. The van der Waals surface area contributed by atoms with Crippen LogP contribution in [-0.4, -0.2) is 34.4 Å². The summed E-state index contributed by atoms with van der Waals surface area (Å²) in [7, 11) is 0. The maximum Gasteiger partial charge on any atom is 0.366 e. The first-order valence-electron chi connectivity index (χ1n) is 7.44. The number of carbonyl (C=O) groups is 2. The van der Waals surface area contributed by atoms with Gasteiger partial charge in [0.05, 0.1) is 0 Å². The summed E-state index contributed by atoms with van der Waals surface area (Å²) in [4.78, 5) is 39.8. The summed E-state index contributed by atoms with van der Waals surface area (Å²) in [5, 5.41) is 13.6. The van der Waals surface area contributed by atoms with Crippen molar-refractivity contribution in [2.75, 3.05) is 16.8 Å². The second-order valence-corrected chi connectivity index (χ2v) is 5.35. The van der Waals surface area contributed by atoms with Gasteiger partial charge in [-0.3, -0.25) is 14.5 Å². The summed E-state index contributed by atoms with van der Waals surface area (Å²) in [6.07, 6.45) is -0.819. The molecule has 9 nitrogen and oxygen atoms in total. The molecule has 0 fully saturated rings. The first-order valence-corrected chi connectivity index (χ1v) is 7.44. The number of nitrogens with zero attached hydrogens (tertiary/aromatic N) is 3. The number of carbonyl (C=O) groups excluding carboxylic acids is 2. The van der Waals surface area contributed by atoms with E-state index in [2.05, 4.69) is 10.3 Å². The van der Waals surface area contributed by atoms with Gasteiger partial charge in [0.25, 0.3) is 11.7 Å². The smallest absolute Gasteiger partial charge is 0.366 e. The van der Waals surface area contributed by atoms with Crippen molar-refractivity contribution in [2.45, 2.75) is 13.0 Å². The van der Waals surface area contributed by atoms with Crippen LogP contribution in [0.25, 0.3) is 0 Å². The highest BCUT2D eigenvalue weighted by Crippen LogP contribution is 2.33. The Morgan fingerprint density at radius 2 is 2.04 bits per heavy atom. The zero-order valence-electron chi connectivity index (χ0n) is 13.2. The molecule has 1 atom stereocenters. The minimum Gasteiger partial charge on any atom is -0.475 e. The molecular weight excluding hydrogens is 328 g/mol. The van der Waals surface area contributed by atoms with Gasteiger partial charge in [0.1, 0.15) is 6.54 Å². The number of nitro groups is 1. The van der Waals surface area contributed by atoms with E-state index in [1.165, 1.54) is 19.1 Å². The highest BCUT2D eigenvalue weighted by Gasteiger charge is 2.37. The number of pyridine rings is 1. The Morgan fingerprint density at radius 3 is 2.72 bits per heavy atom. The molecule has 2 amide bonds. The molecule has 0 aliphatic carbocycles. The Balaban J connectivity index is 1.87. The van der Waals surface area contributed by atoms with E-state index >= 15 is 0 Å². The molecule has 1 aliphatic heterocycles. The largest absolute Gasteiger partial charge is 0.475 e. The molecule has 0 saturated heterocycles. The highest BCUT2D eigenvalue weighted by molar-refractivity contribution is 6.05. The van der Waals surface area contributed by atoms with E-state index in [1.807, 2.05) is 6.07 Å². The summed E-state index contributed by atoms with van der Waals surface area (Å²) >= 11 is 0. The summed E-state index contributed by atoms with van der Waals surface area (Å²) in [6, 6.07) is 11.3.